The molecule has 0 radical (unpaired) electrons. The first kappa shape index (κ1) is 15.7. The summed E-state index contributed by atoms with van der Waals surface area (Å²) in [5.74, 6) is 1.50. The molecule has 0 aromatic carbocycles. The molecule has 0 spiro atoms. The Morgan fingerprint density at radius 2 is 2.15 bits per heavy atom. The molecule has 2 rings (SSSR count). The summed E-state index contributed by atoms with van der Waals surface area (Å²) < 4.78 is 5.18. The van der Waals surface area contributed by atoms with Crippen LogP contribution in [0, 0.1) is 0 Å². The zero-order chi connectivity index (χ0) is 14.5. The molecule has 0 saturated heterocycles. The topological polar surface area (TPSA) is 37.4 Å². The van der Waals surface area contributed by atoms with Crippen molar-refractivity contribution in [2.45, 2.75) is 32.2 Å². The highest BCUT2D eigenvalue weighted by Gasteiger charge is 2.31. The van der Waals surface area contributed by atoms with E-state index in [1.807, 2.05) is 0 Å². The Labute approximate surface area is 130 Å². The van der Waals surface area contributed by atoms with Gasteiger partial charge in [0.2, 0.25) is 0 Å². The van der Waals surface area contributed by atoms with Crippen molar-refractivity contribution in [3.8, 4) is 0 Å². The number of hydrogen-bond acceptors (Lipinski definition) is 4. The van der Waals surface area contributed by atoms with Crippen molar-refractivity contribution < 1.29 is 4.74 Å². The number of methoxy groups -OCH3 is 1. The molecule has 1 aliphatic rings. The van der Waals surface area contributed by atoms with Gasteiger partial charge in [0.15, 0.2) is 0 Å². The average Bonchev–Trinajstić information content (AvgIpc) is 3.24. The molecule has 6 heteroatoms. The van der Waals surface area contributed by atoms with E-state index in [9.17, 15) is 0 Å². The maximum Gasteiger partial charge on any atom is 0.150 e. The summed E-state index contributed by atoms with van der Waals surface area (Å²) in [6, 6.07) is 2.29. The number of rotatable bonds is 8. The van der Waals surface area contributed by atoms with Gasteiger partial charge in [0.1, 0.15) is 11.6 Å². The lowest BCUT2D eigenvalue weighted by atomic mass is 10.3. The fourth-order valence-corrected chi connectivity index (χ4v) is 2.60. The van der Waals surface area contributed by atoms with Crippen LogP contribution in [0.15, 0.2) is 6.07 Å². The second-order valence-electron chi connectivity index (χ2n) is 4.97. The lowest BCUT2D eigenvalue weighted by Crippen LogP contribution is -2.30. The number of hydrogen-bond donors (Lipinski definition) is 1. The molecule has 1 saturated carbocycles. The normalized spacial score (nSPS) is 14.4. The van der Waals surface area contributed by atoms with Crippen molar-refractivity contribution in [2.24, 2.45) is 0 Å². The van der Waals surface area contributed by atoms with E-state index in [4.69, 9.17) is 27.9 Å². The Morgan fingerprint density at radius 3 is 2.75 bits per heavy atom. The first-order valence-electron chi connectivity index (χ1n) is 7.02. The van der Waals surface area contributed by atoms with Crippen LogP contribution < -0.4 is 10.2 Å². The van der Waals surface area contributed by atoms with E-state index < -0.39 is 0 Å². The summed E-state index contributed by atoms with van der Waals surface area (Å²) in [7, 11) is 1.70. The second-order valence-corrected chi connectivity index (χ2v) is 5.78. The van der Waals surface area contributed by atoms with Crippen LogP contribution in [0.1, 0.15) is 26.2 Å². The zero-order valence-corrected chi connectivity index (χ0v) is 13.5. The van der Waals surface area contributed by atoms with Crippen LogP contribution >= 0.6 is 23.2 Å². The average molecular weight is 318 g/mol. The van der Waals surface area contributed by atoms with Gasteiger partial charge in [0.05, 0.1) is 16.7 Å². The molecular weight excluding hydrogens is 297 g/mol. The summed E-state index contributed by atoms with van der Waals surface area (Å²) in [4.78, 5) is 6.84. The molecule has 0 unspecified atom stereocenters. The Hall–Kier alpha value is -0.710. The summed E-state index contributed by atoms with van der Waals surface area (Å²) in [6.07, 6.45) is 3.39. The van der Waals surface area contributed by atoms with Crippen molar-refractivity contribution in [1.82, 2.24) is 4.98 Å². The van der Waals surface area contributed by atoms with E-state index >= 15 is 0 Å². The third-order valence-electron chi connectivity index (χ3n) is 3.25. The number of pyridine rings is 1. The van der Waals surface area contributed by atoms with Gasteiger partial charge in [-0.1, -0.05) is 30.1 Å². The molecule has 112 valence electrons. The number of ether oxygens (including phenoxy) is 1. The number of halogens is 2. The number of aromatic nitrogens is 1. The second kappa shape index (κ2) is 7.34. The minimum absolute atomic E-state index is 0.523. The molecule has 1 N–H and O–H groups in total. The van der Waals surface area contributed by atoms with Gasteiger partial charge in [-0.3, -0.25) is 0 Å². The minimum atomic E-state index is 0.523. The smallest absolute Gasteiger partial charge is 0.150 e. The van der Waals surface area contributed by atoms with Gasteiger partial charge in [-0.25, -0.2) is 4.98 Å². The lowest BCUT2D eigenvalue weighted by molar-refractivity contribution is 0.204. The van der Waals surface area contributed by atoms with Crippen LogP contribution in [-0.4, -0.2) is 37.8 Å². The van der Waals surface area contributed by atoms with Gasteiger partial charge >= 0.3 is 0 Å². The molecule has 4 nitrogen and oxygen atoms in total. The highest BCUT2D eigenvalue weighted by atomic mass is 35.5. The van der Waals surface area contributed by atoms with Gasteiger partial charge < -0.3 is 15.0 Å². The van der Waals surface area contributed by atoms with Gasteiger partial charge in [0, 0.05) is 26.2 Å². The van der Waals surface area contributed by atoms with Crippen molar-refractivity contribution >= 4 is 34.8 Å². The number of nitrogens with one attached hydrogen (secondary N) is 1. The molecule has 0 amide bonds. The van der Waals surface area contributed by atoms with Crippen LogP contribution in [0.5, 0.6) is 0 Å². The third kappa shape index (κ3) is 3.90. The molecular formula is C14H21Cl2N3O. The van der Waals surface area contributed by atoms with E-state index in [0.717, 1.165) is 25.3 Å². The molecule has 1 aromatic rings. The van der Waals surface area contributed by atoms with Gasteiger partial charge in [-0.15, -0.1) is 0 Å². The fraction of sp³-hybridized carbons (Fsp3) is 0.643. The van der Waals surface area contributed by atoms with Crippen molar-refractivity contribution in [3.05, 3.63) is 16.1 Å². The molecule has 1 aromatic heterocycles. The van der Waals surface area contributed by atoms with E-state index in [1.165, 1.54) is 12.8 Å². The standard InChI is InChI=1S/C14H21Cl2N3O/c1-3-6-17-13-11(15)9-12(16)14(18-13)19(7-8-20-2)10-4-5-10/h9-10H,3-8H2,1-2H3,(H,17,18). The molecule has 0 aliphatic heterocycles. The zero-order valence-electron chi connectivity index (χ0n) is 12.0. The van der Waals surface area contributed by atoms with Crippen molar-refractivity contribution in [2.75, 3.05) is 37.0 Å². The minimum Gasteiger partial charge on any atom is -0.383 e. The molecule has 1 fully saturated rings. The van der Waals surface area contributed by atoms with E-state index in [2.05, 4.69) is 22.1 Å². The lowest BCUT2D eigenvalue weighted by Gasteiger charge is -2.25. The monoisotopic (exact) mass is 317 g/mol. The van der Waals surface area contributed by atoms with Crippen LogP contribution in [0.25, 0.3) is 0 Å². The molecule has 1 heterocycles. The first-order valence-corrected chi connectivity index (χ1v) is 7.78. The largest absolute Gasteiger partial charge is 0.383 e. The number of nitrogens with zero attached hydrogens (tertiary/aromatic N) is 2. The summed E-state index contributed by atoms with van der Waals surface area (Å²) in [5.41, 5.74) is 0. The Bertz CT molecular complexity index is 452. The van der Waals surface area contributed by atoms with Gasteiger partial charge in [0.25, 0.3) is 0 Å². The summed E-state index contributed by atoms with van der Waals surface area (Å²) in [5, 5.41) is 4.40. The highest BCUT2D eigenvalue weighted by molar-refractivity contribution is 6.37. The highest BCUT2D eigenvalue weighted by Crippen LogP contribution is 2.37. The SMILES string of the molecule is CCCNc1nc(N(CCOC)C2CC2)c(Cl)cc1Cl. The maximum absolute atomic E-state index is 6.32. The Morgan fingerprint density at radius 1 is 1.40 bits per heavy atom. The molecule has 20 heavy (non-hydrogen) atoms. The quantitative estimate of drug-likeness (QED) is 0.790. The number of anilines is 2. The van der Waals surface area contributed by atoms with Crippen molar-refractivity contribution in [3.63, 3.8) is 0 Å². The predicted octanol–water partition coefficient (Wildman–Crippen LogP) is 3.83. The van der Waals surface area contributed by atoms with Crippen LogP contribution in [0.2, 0.25) is 10.0 Å². The van der Waals surface area contributed by atoms with Crippen LogP contribution in [-0.2, 0) is 4.74 Å². The van der Waals surface area contributed by atoms with E-state index in [-0.39, 0.29) is 0 Å². The van der Waals surface area contributed by atoms with E-state index in [0.29, 0.717) is 28.5 Å². The molecule has 0 bridgehead atoms. The summed E-state index contributed by atoms with van der Waals surface area (Å²) in [6.45, 7) is 4.40. The van der Waals surface area contributed by atoms with Crippen LogP contribution in [0.3, 0.4) is 0 Å². The van der Waals surface area contributed by atoms with Gasteiger partial charge in [-0.2, -0.15) is 0 Å². The third-order valence-corrected chi connectivity index (χ3v) is 3.82. The molecule has 1 aliphatic carbocycles. The Balaban J connectivity index is 2.23. The summed E-state index contributed by atoms with van der Waals surface area (Å²) >= 11 is 12.5. The fourth-order valence-electron chi connectivity index (χ4n) is 2.06. The van der Waals surface area contributed by atoms with Crippen LogP contribution in [0.4, 0.5) is 11.6 Å². The van der Waals surface area contributed by atoms with E-state index in [1.54, 1.807) is 13.2 Å². The van der Waals surface area contributed by atoms with Crippen molar-refractivity contribution in [1.29, 1.82) is 0 Å². The van der Waals surface area contributed by atoms with Gasteiger partial charge in [-0.05, 0) is 25.3 Å². The Kier molecular flexibility index (Phi) is 5.75. The maximum atomic E-state index is 6.32. The predicted molar refractivity (Wildman–Crippen MR) is 85.3 cm³/mol. The molecule has 0 atom stereocenters. The first-order chi connectivity index (χ1) is 9.67.